The Hall–Kier alpha value is -1.40. The second-order valence-corrected chi connectivity index (χ2v) is 5.42. The van der Waals surface area contributed by atoms with Crippen molar-refractivity contribution in [1.29, 1.82) is 0 Å². The van der Waals surface area contributed by atoms with Gasteiger partial charge in [0.15, 0.2) is 0 Å². The molecule has 0 heterocycles. The Labute approximate surface area is 98.1 Å². The zero-order valence-electron chi connectivity index (χ0n) is 10.8. The van der Waals surface area contributed by atoms with Gasteiger partial charge in [0.1, 0.15) is 0 Å². The highest BCUT2D eigenvalue weighted by Crippen LogP contribution is 2.23. The Kier molecular flexibility index (Phi) is 3.66. The van der Waals surface area contributed by atoms with Crippen molar-refractivity contribution < 1.29 is 0 Å². The largest absolute Gasteiger partial charge is 0.220 e. The van der Waals surface area contributed by atoms with Crippen LogP contribution in [0, 0.1) is 0 Å². The number of hydrogen-bond acceptors (Lipinski definition) is 2. The summed E-state index contributed by atoms with van der Waals surface area (Å²) in [5.41, 5.74) is 0.790. The van der Waals surface area contributed by atoms with E-state index in [2.05, 4.69) is 42.0 Å². The summed E-state index contributed by atoms with van der Waals surface area (Å²) < 4.78 is 0. The molecule has 2 heteroatoms. The minimum absolute atomic E-state index is 0.115. The van der Waals surface area contributed by atoms with Crippen molar-refractivity contribution in [3.63, 3.8) is 0 Å². The minimum Gasteiger partial charge on any atom is -0.220 e. The van der Waals surface area contributed by atoms with E-state index in [-0.39, 0.29) is 11.1 Å². The summed E-state index contributed by atoms with van der Waals surface area (Å²) in [5, 5.41) is 0. The van der Waals surface area contributed by atoms with Crippen LogP contribution in [0.5, 0.6) is 0 Å². The monoisotopic (exact) mass is 216 g/mol. The van der Waals surface area contributed by atoms with E-state index in [9.17, 15) is 0 Å². The number of aliphatic imine (C=N–C) groups is 2. The third-order valence-corrected chi connectivity index (χ3v) is 2.20. The molecule has 16 heavy (non-hydrogen) atoms. The Morgan fingerprint density at radius 1 is 0.875 bits per heavy atom. The molecule has 0 radical (unpaired) electrons. The van der Waals surface area contributed by atoms with Crippen molar-refractivity contribution in [2.75, 3.05) is 0 Å². The van der Waals surface area contributed by atoms with Crippen LogP contribution in [0.4, 0.5) is 0 Å². The normalized spacial score (nSPS) is 11.8. The molecule has 0 N–H and O–H groups in total. The summed E-state index contributed by atoms with van der Waals surface area (Å²) in [6.45, 7) is 10.2. The summed E-state index contributed by atoms with van der Waals surface area (Å²) in [5.74, 6) is 0. The molecule has 0 spiro atoms. The van der Waals surface area contributed by atoms with E-state index in [0.29, 0.717) is 0 Å². The lowest BCUT2D eigenvalue weighted by molar-refractivity contribution is 0.553. The van der Waals surface area contributed by atoms with Gasteiger partial charge >= 0.3 is 0 Å². The molecule has 0 bridgehead atoms. The van der Waals surface area contributed by atoms with Crippen molar-refractivity contribution in [3.05, 3.63) is 35.9 Å². The first kappa shape index (κ1) is 12.7. The molecule has 1 rings (SSSR count). The van der Waals surface area contributed by atoms with Crippen LogP contribution in [0.15, 0.2) is 40.3 Å². The highest BCUT2D eigenvalue weighted by atomic mass is 14.9. The maximum Gasteiger partial charge on any atom is 0.0910 e. The quantitative estimate of drug-likeness (QED) is 0.670. The smallest absolute Gasteiger partial charge is 0.0910 e. The third-order valence-electron chi connectivity index (χ3n) is 2.20. The van der Waals surface area contributed by atoms with Crippen molar-refractivity contribution >= 4 is 6.01 Å². The molecule has 0 fully saturated rings. The molecule has 0 aliphatic rings. The highest BCUT2D eigenvalue weighted by Gasteiger charge is 2.18. The van der Waals surface area contributed by atoms with Crippen molar-refractivity contribution in [2.24, 2.45) is 9.98 Å². The van der Waals surface area contributed by atoms with Crippen molar-refractivity contribution in [2.45, 2.75) is 45.7 Å². The summed E-state index contributed by atoms with van der Waals surface area (Å²) >= 11 is 0. The second kappa shape index (κ2) is 4.63. The Morgan fingerprint density at radius 3 is 1.94 bits per heavy atom. The molecule has 0 amide bonds. The van der Waals surface area contributed by atoms with Crippen LogP contribution < -0.4 is 0 Å². The van der Waals surface area contributed by atoms with E-state index in [1.54, 1.807) is 0 Å². The van der Waals surface area contributed by atoms with Gasteiger partial charge in [0.2, 0.25) is 0 Å². The summed E-state index contributed by atoms with van der Waals surface area (Å²) in [6.07, 6.45) is 0. The van der Waals surface area contributed by atoms with E-state index in [4.69, 9.17) is 0 Å². The molecule has 1 aromatic carbocycles. The number of nitrogens with zero attached hydrogens (tertiary/aromatic N) is 2. The van der Waals surface area contributed by atoms with E-state index < -0.39 is 0 Å². The molecule has 0 saturated carbocycles. The van der Waals surface area contributed by atoms with Gasteiger partial charge in [-0.1, -0.05) is 30.3 Å². The number of benzene rings is 1. The first-order chi connectivity index (χ1) is 7.31. The van der Waals surface area contributed by atoms with Gasteiger partial charge < -0.3 is 0 Å². The Balaban J connectivity index is 2.93. The average Bonchev–Trinajstić information content (AvgIpc) is 2.17. The molecule has 0 aliphatic heterocycles. The molecule has 0 saturated heterocycles. The maximum atomic E-state index is 4.40. The fourth-order valence-corrected chi connectivity index (χ4v) is 1.21. The Morgan fingerprint density at radius 2 is 1.44 bits per heavy atom. The zero-order valence-corrected chi connectivity index (χ0v) is 10.8. The van der Waals surface area contributed by atoms with Crippen LogP contribution in [-0.4, -0.2) is 11.5 Å². The standard InChI is InChI=1S/C14H20N2/c1-13(2,3)15-11-16-14(4,5)12-9-7-6-8-10-12/h6-10H,1-5H3. The molecular formula is C14H20N2. The molecule has 0 atom stereocenters. The molecule has 0 unspecified atom stereocenters. The lowest BCUT2D eigenvalue weighted by Crippen LogP contribution is -2.14. The minimum atomic E-state index is -0.268. The van der Waals surface area contributed by atoms with Crippen LogP contribution in [0.2, 0.25) is 0 Å². The van der Waals surface area contributed by atoms with E-state index in [0.717, 1.165) is 0 Å². The first-order valence-electron chi connectivity index (χ1n) is 5.56. The second-order valence-electron chi connectivity index (χ2n) is 5.42. The summed E-state index contributed by atoms with van der Waals surface area (Å²) in [7, 11) is 0. The Bertz CT molecular complexity index is 390. The maximum absolute atomic E-state index is 4.40. The molecule has 0 aliphatic carbocycles. The topological polar surface area (TPSA) is 24.7 Å². The fourth-order valence-electron chi connectivity index (χ4n) is 1.21. The van der Waals surface area contributed by atoms with Gasteiger partial charge in [-0.2, -0.15) is 0 Å². The van der Waals surface area contributed by atoms with Crippen molar-refractivity contribution in [1.82, 2.24) is 0 Å². The molecule has 0 aromatic heterocycles. The summed E-state index contributed by atoms with van der Waals surface area (Å²) in [4.78, 5) is 8.65. The van der Waals surface area contributed by atoms with Gasteiger partial charge in [0, 0.05) is 0 Å². The SMILES string of the molecule is CC(C)(C)N=C=NC(C)(C)c1ccccc1. The predicted octanol–water partition coefficient (Wildman–Crippen LogP) is 3.89. The van der Waals surface area contributed by atoms with Crippen LogP contribution in [-0.2, 0) is 5.54 Å². The zero-order chi connectivity index (χ0) is 12.2. The van der Waals surface area contributed by atoms with E-state index in [1.165, 1.54) is 5.56 Å². The predicted molar refractivity (Wildman–Crippen MR) is 69.1 cm³/mol. The molecule has 86 valence electrons. The molecule has 2 nitrogen and oxygen atoms in total. The lowest BCUT2D eigenvalue weighted by atomic mass is 9.95. The van der Waals surface area contributed by atoms with Crippen LogP contribution in [0.3, 0.4) is 0 Å². The van der Waals surface area contributed by atoms with Gasteiger partial charge in [-0.05, 0) is 40.2 Å². The van der Waals surface area contributed by atoms with Crippen LogP contribution >= 0.6 is 0 Å². The number of rotatable bonds is 2. The van der Waals surface area contributed by atoms with E-state index in [1.807, 2.05) is 39.0 Å². The van der Waals surface area contributed by atoms with Gasteiger partial charge in [0.25, 0.3) is 0 Å². The van der Waals surface area contributed by atoms with Gasteiger partial charge in [-0.15, -0.1) is 0 Å². The third kappa shape index (κ3) is 4.00. The molecule has 1 aromatic rings. The van der Waals surface area contributed by atoms with Gasteiger partial charge in [0.05, 0.1) is 17.1 Å². The lowest BCUT2D eigenvalue weighted by Gasteiger charge is -2.18. The fraction of sp³-hybridized carbons (Fsp3) is 0.500. The number of hydrogen-bond donors (Lipinski definition) is 0. The van der Waals surface area contributed by atoms with Gasteiger partial charge in [-0.25, -0.2) is 9.98 Å². The molecular weight excluding hydrogens is 196 g/mol. The van der Waals surface area contributed by atoms with Crippen molar-refractivity contribution in [3.8, 4) is 0 Å². The highest BCUT2D eigenvalue weighted by molar-refractivity contribution is 5.44. The van der Waals surface area contributed by atoms with Gasteiger partial charge in [-0.3, -0.25) is 0 Å². The summed E-state index contributed by atoms with van der Waals surface area (Å²) in [6, 6.07) is 13.0. The van der Waals surface area contributed by atoms with Crippen LogP contribution in [0.25, 0.3) is 0 Å². The average molecular weight is 216 g/mol. The first-order valence-corrected chi connectivity index (χ1v) is 5.56. The van der Waals surface area contributed by atoms with E-state index >= 15 is 0 Å². The van der Waals surface area contributed by atoms with Crippen LogP contribution in [0.1, 0.15) is 40.2 Å².